The number of nitrogens with one attached hydrogen (secondary N) is 2. The molecule has 0 saturated heterocycles. The molecule has 0 spiro atoms. The summed E-state index contributed by atoms with van der Waals surface area (Å²) in [6.07, 6.45) is -0.848. The summed E-state index contributed by atoms with van der Waals surface area (Å²) in [6.45, 7) is 7.52. The Labute approximate surface area is 150 Å². The molecule has 0 bridgehead atoms. The molecule has 1 aromatic carbocycles. The minimum absolute atomic E-state index is 0.269. The Balaban J connectivity index is 2.31. The number of rotatable bonds is 3. The van der Waals surface area contributed by atoms with E-state index in [2.05, 4.69) is 15.4 Å². The van der Waals surface area contributed by atoms with Crippen LogP contribution in [0, 0.1) is 27.7 Å². The van der Waals surface area contributed by atoms with Gasteiger partial charge >= 0.3 is 6.09 Å². The number of aryl methyl sites for hydroxylation is 3. The van der Waals surface area contributed by atoms with Gasteiger partial charge in [0.25, 0.3) is 11.8 Å². The van der Waals surface area contributed by atoms with Crippen LogP contribution >= 0.6 is 11.3 Å². The topological polar surface area (TPSA) is 84.5 Å². The lowest BCUT2D eigenvalue weighted by molar-refractivity contribution is 0.0937. The lowest BCUT2D eigenvalue weighted by atomic mass is 10.1. The molecule has 3 amide bonds. The van der Waals surface area contributed by atoms with Crippen LogP contribution in [0.15, 0.2) is 18.2 Å². The van der Waals surface area contributed by atoms with Crippen LogP contribution in [0.1, 0.15) is 42.3 Å². The van der Waals surface area contributed by atoms with Crippen LogP contribution in [0.3, 0.4) is 0 Å². The fourth-order valence-corrected chi connectivity index (χ4v) is 3.31. The van der Waals surface area contributed by atoms with Gasteiger partial charge in [0, 0.05) is 10.4 Å². The second-order valence-electron chi connectivity index (χ2n) is 5.69. The maximum atomic E-state index is 12.5. The highest BCUT2D eigenvalue weighted by molar-refractivity contribution is 7.16. The standard InChI is InChI=1S/C18H20N2O4S/c1-9-6-7-13(8-10(9)2)15(21)19-17-14(11(3)12(4)25-17)16(22)20-18(23)24-5/h6-8H,1-5H3,(H,19,21)(H,20,22,23). The molecule has 0 aliphatic carbocycles. The van der Waals surface area contributed by atoms with Crippen molar-refractivity contribution in [2.75, 3.05) is 12.4 Å². The minimum Gasteiger partial charge on any atom is -0.453 e. The molecule has 0 aliphatic heterocycles. The number of imide groups is 1. The number of thiophene rings is 1. The van der Waals surface area contributed by atoms with Crippen molar-refractivity contribution >= 4 is 34.2 Å². The molecule has 0 atom stereocenters. The molecule has 7 heteroatoms. The lowest BCUT2D eigenvalue weighted by Gasteiger charge is -2.09. The minimum atomic E-state index is -0.848. The first-order chi connectivity index (χ1) is 11.7. The molecule has 1 heterocycles. The highest BCUT2D eigenvalue weighted by Gasteiger charge is 2.23. The van der Waals surface area contributed by atoms with Crippen LogP contribution in [0.2, 0.25) is 0 Å². The Hall–Kier alpha value is -2.67. The Kier molecular flexibility index (Phi) is 5.58. The number of hydrogen-bond donors (Lipinski definition) is 2. The van der Waals surface area contributed by atoms with Gasteiger partial charge < -0.3 is 10.1 Å². The van der Waals surface area contributed by atoms with E-state index in [-0.39, 0.29) is 11.5 Å². The van der Waals surface area contributed by atoms with E-state index in [1.54, 1.807) is 19.1 Å². The summed E-state index contributed by atoms with van der Waals surface area (Å²) in [5.41, 5.74) is 3.59. The molecule has 132 valence electrons. The number of anilines is 1. The molecular formula is C18H20N2O4S. The number of ether oxygens (including phenoxy) is 1. The van der Waals surface area contributed by atoms with Crippen molar-refractivity contribution < 1.29 is 19.1 Å². The smallest absolute Gasteiger partial charge is 0.413 e. The van der Waals surface area contributed by atoms with E-state index in [0.29, 0.717) is 16.1 Å². The number of methoxy groups -OCH3 is 1. The van der Waals surface area contributed by atoms with Gasteiger partial charge in [-0.05, 0) is 56.5 Å². The molecule has 2 N–H and O–H groups in total. The van der Waals surface area contributed by atoms with Gasteiger partial charge in [-0.3, -0.25) is 14.9 Å². The zero-order valence-corrected chi connectivity index (χ0v) is 15.6. The monoisotopic (exact) mass is 360 g/mol. The number of hydrogen-bond acceptors (Lipinski definition) is 5. The van der Waals surface area contributed by atoms with Crippen LogP contribution in [-0.4, -0.2) is 25.0 Å². The van der Waals surface area contributed by atoms with Gasteiger partial charge in [0.2, 0.25) is 0 Å². The van der Waals surface area contributed by atoms with Crippen molar-refractivity contribution in [3.8, 4) is 0 Å². The second kappa shape index (κ2) is 7.48. The van der Waals surface area contributed by atoms with E-state index in [9.17, 15) is 14.4 Å². The zero-order chi connectivity index (χ0) is 18.7. The van der Waals surface area contributed by atoms with Gasteiger partial charge in [-0.1, -0.05) is 6.07 Å². The predicted molar refractivity (Wildman–Crippen MR) is 97.5 cm³/mol. The van der Waals surface area contributed by atoms with E-state index >= 15 is 0 Å². The number of amides is 3. The van der Waals surface area contributed by atoms with Crippen LogP contribution < -0.4 is 10.6 Å². The first-order valence-electron chi connectivity index (χ1n) is 7.62. The predicted octanol–water partition coefficient (Wildman–Crippen LogP) is 3.73. The van der Waals surface area contributed by atoms with Crippen LogP contribution in [0.5, 0.6) is 0 Å². The van der Waals surface area contributed by atoms with Crippen molar-refractivity contribution in [1.29, 1.82) is 0 Å². The van der Waals surface area contributed by atoms with Gasteiger partial charge in [0.15, 0.2) is 0 Å². The number of carbonyl (C=O) groups excluding carboxylic acids is 3. The average molecular weight is 360 g/mol. The summed E-state index contributed by atoms with van der Waals surface area (Å²) in [5, 5.41) is 5.30. The molecule has 0 saturated carbocycles. The van der Waals surface area contributed by atoms with Gasteiger partial charge in [-0.2, -0.15) is 0 Å². The van der Waals surface area contributed by atoms with Gasteiger partial charge in [-0.15, -0.1) is 11.3 Å². The number of benzene rings is 1. The lowest BCUT2D eigenvalue weighted by Crippen LogP contribution is -2.31. The van der Waals surface area contributed by atoms with Gasteiger partial charge in [-0.25, -0.2) is 4.79 Å². The molecule has 0 unspecified atom stereocenters. The highest BCUT2D eigenvalue weighted by Crippen LogP contribution is 2.32. The quantitative estimate of drug-likeness (QED) is 0.873. The van der Waals surface area contributed by atoms with E-state index in [1.807, 2.05) is 26.8 Å². The Bertz CT molecular complexity index is 855. The molecular weight excluding hydrogens is 340 g/mol. The Morgan fingerprint density at radius 1 is 1.00 bits per heavy atom. The molecule has 1 aromatic heterocycles. The van der Waals surface area contributed by atoms with Gasteiger partial charge in [0.05, 0.1) is 12.7 Å². The van der Waals surface area contributed by atoms with E-state index in [0.717, 1.165) is 16.0 Å². The fourth-order valence-electron chi connectivity index (χ4n) is 2.25. The molecule has 6 nitrogen and oxygen atoms in total. The SMILES string of the molecule is COC(=O)NC(=O)c1c(NC(=O)c2ccc(C)c(C)c2)sc(C)c1C. The molecule has 0 fully saturated rings. The third-order valence-electron chi connectivity index (χ3n) is 4.01. The normalized spacial score (nSPS) is 10.3. The van der Waals surface area contributed by atoms with Crippen molar-refractivity contribution in [3.63, 3.8) is 0 Å². The molecule has 0 aliphatic rings. The zero-order valence-electron chi connectivity index (χ0n) is 14.8. The summed E-state index contributed by atoms with van der Waals surface area (Å²) in [6, 6.07) is 5.41. The molecule has 0 radical (unpaired) electrons. The number of carbonyl (C=O) groups is 3. The van der Waals surface area contributed by atoms with E-state index in [4.69, 9.17) is 0 Å². The largest absolute Gasteiger partial charge is 0.453 e. The summed E-state index contributed by atoms with van der Waals surface area (Å²) < 4.78 is 4.45. The van der Waals surface area contributed by atoms with E-state index in [1.165, 1.54) is 18.4 Å². The number of alkyl carbamates (subject to hydrolysis) is 1. The summed E-state index contributed by atoms with van der Waals surface area (Å²) in [5.74, 6) is -0.916. The molecule has 25 heavy (non-hydrogen) atoms. The average Bonchev–Trinajstić information content (AvgIpc) is 2.83. The van der Waals surface area contributed by atoms with Crippen molar-refractivity contribution in [1.82, 2.24) is 5.32 Å². The summed E-state index contributed by atoms with van der Waals surface area (Å²) >= 11 is 1.29. The van der Waals surface area contributed by atoms with Crippen LogP contribution in [0.25, 0.3) is 0 Å². The maximum Gasteiger partial charge on any atom is 0.413 e. The first kappa shape index (κ1) is 18.7. The third-order valence-corrected chi connectivity index (χ3v) is 5.13. The molecule has 2 rings (SSSR count). The van der Waals surface area contributed by atoms with Crippen molar-refractivity contribution in [2.24, 2.45) is 0 Å². The van der Waals surface area contributed by atoms with Gasteiger partial charge in [0.1, 0.15) is 5.00 Å². The highest BCUT2D eigenvalue weighted by atomic mass is 32.1. The summed E-state index contributed by atoms with van der Waals surface area (Å²) in [7, 11) is 1.18. The fraction of sp³-hybridized carbons (Fsp3) is 0.278. The Morgan fingerprint density at radius 2 is 1.68 bits per heavy atom. The van der Waals surface area contributed by atoms with E-state index < -0.39 is 12.0 Å². The van der Waals surface area contributed by atoms with Crippen molar-refractivity contribution in [2.45, 2.75) is 27.7 Å². The Morgan fingerprint density at radius 3 is 2.28 bits per heavy atom. The third kappa shape index (κ3) is 4.06. The van der Waals surface area contributed by atoms with Crippen molar-refractivity contribution in [3.05, 3.63) is 50.9 Å². The van der Waals surface area contributed by atoms with Crippen LogP contribution in [0.4, 0.5) is 9.80 Å². The van der Waals surface area contributed by atoms with Crippen LogP contribution in [-0.2, 0) is 4.74 Å². The molecule has 2 aromatic rings. The first-order valence-corrected chi connectivity index (χ1v) is 8.44. The second-order valence-corrected chi connectivity index (χ2v) is 6.91. The maximum absolute atomic E-state index is 12.5. The summed E-state index contributed by atoms with van der Waals surface area (Å²) in [4.78, 5) is 37.0.